The molecule has 3 aromatic rings. The zero-order valence-corrected chi connectivity index (χ0v) is 10.9. The first-order valence-corrected chi connectivity index (χ1v) is 6.54. The Morgan fingerprint density at radius 3 is 2.89 bits per heavy atom. The Hall–Kier alpha value is -2.45. The third kappa shape index (κ3) is 2.14. The van der Waals surface area contributed by atoms with E-state index in [1.54, 1.807) is 17.4 Å². The minimum atomic E-state index is 0.477. The molecule has 0 aliphatic carbocycles. The molecule has 0 aliphatic rings. The molecule has 2 heterocycles. The summed E-state index contributed by atoms with van der Waals surface area (Å²) in [4.78, 5) is 5.36. The van der Waals surface area contributed by atoms with Gasteiger partial charge in [-0.15, -0.1) is 11.3 Å². The first kappa shape index (κ1) is 11.6. The van der Waals surface area contributed by atoms with Gasteiger partial charge in [0, 0.05) is 5.56 Å². The van der Waals surface area contributed by atoms with E-state index in [-0.39, 0.29) is 0 Å². The van der Waals surface area contributed by atoms with Crippen molar-refractivity contribution in [2.75, 3.05) is 0 Å². The average Bonchev–Trinajstić information content (AvgIpc) is 3.09. The summed E-state index contributed by atoms with van der Waals surface area (Å²) in [7, 11) is 0. The Balaban J connectivity index is 2.02. The highest BCUT2D eigenvalue weighted by Crippen LogP contribution is 2.27. The van der Waals surface area contributed by atoms with E-state index in [1.807, 2.05) is 36.6 Å². The second-order valence-electron chi connectivity index (χ2n) is 4.04. The lowest BCUT2D eigenvalue weighted by Crippen LogP contribution is -1.85. The van der Waals surface area contributed by atoms with Gasteiger partial charge in [0.05, 0.1) is 16.5 Å². The van der Waals surface area contributed by atoms with Crippen molar-refractivity contribution in [3.05, 3.63) is 46.8 Å². The highest BCUT2D eigenvalue weighted by atomic mass is 32.1. The monoisotopic (exact) mass is 267 g/mol. The SMILES string of the molecule is Cc1cc(C#N)ccc1-c1nc(-c2cccs2)no1. The molecule has 0 atom stereocenters. The zero-order valence-electron chi connectivity index (χ0n) is 10.1. The van der Waals surface area contributed by atoms with Crippen LogP contribution in [0.4, 0.5) is 0 Å². The zero-order chi connectivity index (χ0) is 13.2. The normalized spacial score (nSPS) is 10.3. The molecule has 1 aromatic carbocycles. The first-order chi connectivity index (χ1) is 9.28. The lowest BCUT2D eigenvalue weighted by atomic mass is 10.1. The van der Waals surface area contributed by atoms with E-state index in [0.29, 0.717) is 17.3 Å². The molecule has 0 fully saturated rings. The van der Waals surface area contributed by atoms with Crippen LogP contribution < -0.4 is 0 Å². The van der Waals surface area contributed by atoms with Crippen molar-refractivity contribution < 1.29 is 4.52 Å². The highest BCUT2D eigenvalue weighted by molar-refractivity contribution is 7.13. The second kappa shape index (κ2) is 4.67. The van der Waals surface area contributed by atoms with Gasteiger partial charge in [-0.05, 0) is 42.1 Å². The molecular formula is C14H9N3OS. The number of rotatable bonds is 2. The van der Waals surface area contributed by atoms with Crippen molar-refractivity contribution in [2.24, 2.45) is 0 Å². The molecule has 2 aromatic heterocycles. The standard InChI is InChI=1S/C14H9N3OS/c1-9-7-10(8-15)4-5-11(9)14-16-13(17-18-14)12-3-2-6-19-12/h2-7H,1H3. The van der Waals surface area contributed by atoms with E-state index in [0.717, 1.165) is 16.0 Å². The topological polar surface area (TPSA) is 62.7 Å². The van der Waals surface area contributed by atoms with Crippen molar-refractivity contribution in [3.8, 4) is 28.2 Å². The van der Waals surface area contributed by atoms with E-state index in [1.165, 1.54) is 0 Å². The average molecular weight is 267 g/mol. The molecule has 0 bridgehead atoms. The predicted octanol–water partition coefficient (Wildman–Crippen LogP) is 3.65. The summed E-state index contributed by atoms with van der Waals surface area (Å²) in [5.41, 5.74) is 2.42. The van der Waals surface area contributed by atoms with Crippen molar-refractivity contribution in [1.82, 2.24) is 10.1 Å². The molecule has 0 aliphatic heterocycles. The van der Waals surface area contributed by atoms with Gasteiger partial charge in [0.2, 0.25) is 5.82 Å². The van der Waals surface area contributed by atoms with Gasteiger partial charge in [-0.25, -0.2) is 0 Å². The van der Waals surface area contributed by atoms with Gasteiger partial charge >= 0.3 is 0 Å². The molecule has 4 nitrogen and oxygen atoms in total. The second-order valence-corrected chi connectivity index (χ2v) is 4.99. The molecule has 0 radical (unpaired) electrons. The van der Waals surface area contributed by atoms with E-state index < -0.39 is 0 Å². The molecule has 0 unspecified atom stereocenters. The smallest absolute Gasteiger partial charge is 0.258 e. The summed E-state index contributed by atoms with van der Waals surface area (Å²) < 4.78 is 5.29. The maximum Gasteiger partial charge on any atom is 0.258 e. The van der Waals surface area contributed by atoms with Crippen LogP contribution >= 0.6 is 11.3 Å². The van der Waals surface area contributed by atoms with Crippen molar-refractivity contribution in [3.63, 3.8) is 0 Å². The number of nitrogens with zero attached hydrogens (tertiary/aromatic N) is 3. The maximum absolute atomic E-state index is 8.85. The summed E-state index contributed by atoms with van der Waals surface area (Å²) in [6.07, 6.45) is 0. The number of benzene rings is 1. The summed E-state index contributed by atoms with van der Waals surface area (Å²) in [5.74, 6) is 1.07. The molecule has 3 rings (SSSR count). The van der Waals surface area contributed by atoms with Gasteiger partial charge in [-0.1, -0.05) is 11.2 Å². The number of nitriles is 1. The Labute approximate surface area is 113 Å². The van der Waals surface area contributed by atoms with Gasteiger partial charge in [-0.3, -0.25) is 0 Å². The molecule has 0 amide bonds. The fourth-order valence-electron chi connectivity index (χ4n) is 1.81. The Morgan fingerprint density at radius 2 is 2.21 bits per heavy atom. The molecule has 0 saturated heterocycles. The molecule has 0 N–H and O–H groups in total. The van der Waals surface area contributed by atoms with Crippen LogP contribution in [0.25, 0.3) is 22.2 Å². The summed E-state index contributed by atoms with van der Waals surface area (Å²) in [6.45, 7) is 1.92. The minimum Gasteiger partial charge on any atom is -0.334 e. The Morgan fingerprint density at radius 1 is 1.32 bits per heavy atom. The number of aromatic nitrogens is 2. The lowest BCUT2D eigenvalue weighted by Gasteiger charge is -1.99. The molecule has 0 spiro atoms. The molecule has 0 saturated carbocycles. The van der Waals surface area contributed by atoms with Crippen LogP contribution in [0.3, 0.4) is 0 Å². The van der Waals surface area contributed by atoms with Crippen LogP contribution in [0.5, 0.6) is 0 Å². The minimum absolute atomic E-state index is 0.477. The quantitative estimate of drug-likeness (QED) is 0.711. The van der Waals surface area contributed by atoms with Gasteiger partial charge in [0.25, 0.3) is 5.89 Å². The highest BCUT2D eigenvalue weighted by Gasteiger charge is 2.13. The van der Waals surface area contributed by atoms with Crippen LogP contribution in [-0.4, -0.2) is 10.1 Å². The molecule has 92 valence electrons. The van der Waals surface area contributed by atoms with Crippen LogP contribution in [0, 0.1) is 18.3 Å². The number of thiophene rings is 1. The van der Waals surface area contributed by atoms with Crippen LogP contribution in [0.2, 0.25) is 0 Å². The first-order valence-electron chi connectivity index (χ1n) is 5.66. The van der Waals surface area contributed by atoms with E-state index >= 15 is 0 Å². The van der Waals surface area contributed by atoms with Crippen LogP contribution in [0.15, 0.2) is 40.2 Å². The van der Waals surface area contributed by atoms with Crippen molar-refractivity contribution >= 4 is 11.3 Å². The third-order valence-electron chi connectivity index (χ3n) is 2.75. The number of hydrogen-bond donors (Lipinski definition) is 0. The van der Waals surface area contributed by atoms with Crippen molar-refractivity contribution in [2.45, 2.75) is 6.92 Å². The number of hydrogen-bond acceptors (Lipinski definition) is 5. The van der Waals surface area contributed by atoms with Crippen LogP contribution in [-0.2, 0) is 0 Å². The Kier molecular flexibility index (Phi) is 2.86. The summed E-state index contributed by atoms with van der Waals surface area (Å²) in [6, 6.07) is 11.4. The van der Waals surface area contributed by atoms with Gasteiger partial charge < -0.3 is 4.52 Å². The van der Waals surface area contributed by atoms with E-state index in [9.17, 15) is 0 Å². The molecular weight excluding hydrogens is 258 g/mol. The fraction of sp³-hybridized carbons (Fsp3) is 0.0714. The van der Waals surface area contributed by atoms with Gasteiger partial charge in [0.15, 0.2) is 0 Å². The number of aryl methyl sites for hydroxylation is 1. The summed E-state index contributed by atoms with van der Waals surface area (Å²) in [5, 5.41) is 14.8. The van der Waals surface area contributed by atoms with E-state index in [4.69, 9.17) is 9.78 Å². The maximum atomic E-state index is 8.85. The van der Waals surface area contributed by atoms with Gasteiger partial charge in [-0.2, -0.15) is 10.2 Å². The fourth-order valence-corrected chi connectivity index (χ4v) is 2.46. The van der Waals surface area contributed by atoms with E-state index in [2.05, 4.69) is 16.2 Å². The van der Waals surface area contributed by atoms with Crippen LogP contribution in [0.1, 0.15) is 11.1 Å². The molecule has 5 heteroatoms. The predicted molar refractivity (Wildman–Crippen MR) is 72.5 cm³/mol. The Bertz CT molecular complexity index is 753. The summed E-state index contributed by atoms with van der Waals surface area (Å²) >= 11 is 1.57. The molecule has 19 heavy (non-hydrogen) atoms. The van der Waals surface area contributed by atoms with Gasteiger partial charge in [0.1, 0.15) is 0 Å². The third-order valence-corrected chi connectivity index (χ3v) is 3.62. The largest absolute Gasteiger partial charge is 0.334 e. The van der Waals surface area contributed by atoms with Crippen molar-refractivity contribution in [1.29, 1.82) is 5.26 Å². The lowest BCUT2D eigenvalue weighted by molar-refractivity contribution is 0.432.